The number of fused-ring (bicyclic) bond motifs is 1. The first-order valence-electron chi connectivity index (χ1n) is 12.2. The Morgan fingerprint density at radius 3 is 2.63 bits per heavy atom. The molecule has 0 atom stereocenters. The van der Waals surface area contributed by atoms with Gasteiger partial charge in [-0.25, -0.2) is 14.5 Å². The third-order valence-electron chi connectivity index (χ3n) is 6.84. The number of hydrogen-bond acceptors (Lipinski definition) is 5. The van der Waals surface area contributed by atoms with Crippen LogP contribution in [0.1, 0.15) is 38.1 Å². The van der Waals surface area contributed by atoms with Crippen molar-refractivity contribution in [3.05, 3.63) is 55.1 Å². The first kappa shape index (κ1) is 21.5. The van der Waals surface area contributed by atoms with Crippen molar-refractivity contribution in [3.8, 4) is 17.0 Å². The highest BCUT2D eigenvalue weighted by Crippen LogP contribution is 2.44. The number of aromatic nitrogens is 4. The minimum atomic E-state index is -0.153. The van der Waals surface area contributed by atoms with Crippen LogP contribution in [0.25, 0.3) is 22.2 Å². The summed E-state index contributed by atoms with van der Waals surface area (Å²) in [7, 11) is 0. The Bertz CT molecular complexity index is 1340. The summed E-state index contributed by atoms with van der Waals surface area (Å²) >= 11 is 0. The van der Waals surface area contributed by atoms with Crippen LogP contribution < -0.4 is 21.1 Å². The van der Waals surface area contributed by atoms with E-state index in [9.17, 15) is 4.79 Å². The van der Waals surface area contributed by atoms with Crippen molar-refractivity contribution in [2.24, 2.45) is 0 Å². The van der Waals surface area contributed by atoms with Gasteiger partial charge in [-0.05, 0) is 56.4 Å². The highest BCUT2D eigenvalue weighted by molar-refractivity contribution is 6.02. The van der Waals surface area contributed by atoms with Crippen molar-refractivity contribution in [3.63, 3.8) is 0 Å². The van der Waals surface area contributed by atoms with E-state index in [2.05, 4.69) is 31.3 Å². The lowest BCUT2D eigenvalue weighted by molar-refractivity contribution is 0.251. The van der Waals surface area contributed by atoms with Crippen LogP contribution in [0.4, 0.5) is 16.2 Å². The number of ether oxygens (including phenoxy) is 1. The molecule has 2 aliphatic rings. The molecule has 2 fully saturated rings. The van der Waals surface area contributed by atoms with E-state index in [0.717, 1.165) is 65.0 Å². The number of nitrogens with one attached hydrogen (secondary N) is 2. The van der Waals surface area contributed by atoms with Crippen molar-refractivity contribution in [1.29, 1.82) is 0 Å². The van der Waals surface area contributed by atoms with Crippen molar-refractivity contribution in [2.45, 2.75) is 50.7 Å². The molecule has 2 aliphatic carbocycles. The van der Waals surface area contributed by atoms with Crippen LogP contribution in [0.15, 0.2) is 55.1 Å². The summed E-state index contributed by atoms with van der Waals surface area (Å²) in [4.78, 5) is 16.1. The fourth-order valence-corrected chi connectivity index (χ4v) is 4.62. The number of hydrogen-bond donors (Lipinski definition) is 3. The fraction of sp³-hybridized carbons (Fsp3) is 0.346. The molecular weight excluding hydrogens is 442 g/mol. The zero-order valence-corrected chi connectivity index (χ0v) is 19.5. The van der Waals surface area contributed by atoms with Crippen LogP contribution in [0.5, 0.6) is 5.75 Å². The molecule has 180 valence electrons. The normalized spacial score (nSPS) is 15.7. The molecule has 2 aromatic carbocycles. The molecule has 6 rings (SSSR count). The summed E-state index contributed by atoms with van der Waals surface area (Å²) in [6.07, 6.45) is 8.81. The van der Waals surface area contributed by atoms with E-state index in [1.165, 1.54) is 12.7 Å². The third-order valence-corrected chi connectivity index (χ3v) is 6.84. The number of rotatable bonds is 8. The van der Waals surface area contributed by atoms with E-state index >= 15 is 0 Å². The topological polar surface area (TPSA) is 112 Å². The van der Waals surface area contributed by atoms with Crippen LogP contribution >= 0.6 is 0 Å². The van der Waals surface area contributed by atoms with Crippen molar-refractivity contribution < 1.29 is 9.53 Å². The van der Waals surface area contributed by atoms with Gasteiger partial charge in [-0.1, -0.05) is 12.1 Å². The van der Waals surface area contributed by atoms with E-state index < -0.39 is 0 Å². The largest absolute Gasteiger partial charge is 0.492 e. The van der Waals surface area contributed by atoms with Gasteiger partial charge in [0.1, 0.15) is 25.0 Å². The zero-order valence-electron chi connectivity index (χ0n) is 19.5. The van der Waals surface area contributed by atoms with Gasteiger partial charge in [0.2, 0.25) is 0 Å². The Hall–Kier alpha value is -4.01. The summed E-state index contributed by atoms with van der Waals surface area (Å²) in [6.45, 7) is 1.14. The Labute approximate surface area is 203 Å². The average Bonchev–Trinajstić information content (AvgIpc) is 3.39. The number of nitrogen functional groups attached to an aromatic ring is 1. The Morgan fingerprint density at radius 2 is 1.94 bits per heavy atom. The average molecular weight is 472 g/mol. The van der Waals surface area contributed by atoms with Crippen LogP contribution in [0.2, 0.25) is 0 Å². The molecular formula is C26H29N7O2. The Balaban J connectivity index is 1.28. The maximum Gasteiger partial charge on any atom is 0.319 e. The second-order valence-corrected chi connectivity index (χ2v) is 9.35. The van der Waals surface area contributed by atoms with E-state index in [0.29, 0.717) is 25.2 Å². The van der Waals surface area contributed by atoms with Crippen LogP contribution in [-0.2, 0) is 6.54 Å². The SMILES string of the molecule is Nc1c(-c2ccc(NC(=O)NC3CC3)cc2)n(C2CCC2)c2cc(OCCn3cncn3)ccc12. The lowest BCUT2D eigenvalue weighted by atomic mass is 9.92. The van der Waals surface area contributed by atoms with Crippen LogP contribution in [-0.4, -0.2) is 38.0 Å². The van der Waals surface area contributed by atoms with Crippen molar-refractivity contribution in [1.82, 2.24) is 24.6 Å². The Kier molecular flexibility index (Phi) is 5.52. The highest BCUT2D eigenvalue weighted by atomic mass is 16.5. The second-order valence-electron chi connectivity index (χ2n) is 9.35. The number of benzene rings is 2. The van der Waals surface area contributed by atoms with E-state index in [4.69, 9.17) is 10.5 Å². The Morgan fingerprint density at radius 1 is 1.11 bits per heavy atom. The monoisotopic (exact) mass is 471 g/mol. The predicted molar refractivity (Wildman–Crippen MR) is 135 cm³/mol. The van der Waals surface area contributed by atoms with Crippen molar-refractivity contribution in [2.75, 3.05) is 17.7 Å². The molecule has 0 aliphatic heterocycles. The molecule has 0 radical (unpaired) electrons. The second kappa shape index (κ2) is 8.98. The van der Waals surface area contributed by atoms with E-state index in [1.54, 1.807) is 11.0 Å². The van der Waals surface area contributed by atoms with Gasteiger partial charge in [-0.2, -0.15) is 5.10 Å². The first-order chi connectivity index (χ1) is 17.2. The molecule has 0 saturated heterocycles. The molecule has 0 unspecified atom stereocenters. The van der Waals surface area contributed by atoms with Gasteiger partial charge < -0.3 is 25.7 Å². The van der Waals surface area contributed by atoms with Gasteiger partial charge in [-0.3, -0.25) is 0 Å². The number of urea groups is 1. The molecule has 2 saturated carbocycles. The molecule has 0 spiro atoms. The first-order valence-corrected chi connectivity index (χ1v) is 12.2. The van der Waals surface area contributed by atoms with E-state index in [1.807, 2.05) is 36.4 Å². The zero-order chi connectivity index (χ0) is 23.8. The molecule has 2 aromatic heterocycles. The summed E-state index contributed by atoms with van der Waals surface area (Å²) in [5.74, 6) is 0.809. The minimum absolute atomic E-state index is 0.153. The minimum Gasteiger partial charge on any atom is -0.492 e. The summed E-state index contributed by atoms with van der Waals surface area (Å²) in [5.41, 5.74) is 11.4. The fourth-order valence-electron chi connectivity index (χ4n) is 4.62. The number of amides is 2. The molecule has 4 N–H and O–H groups in total. The highest BCUT2D eigenvalue weighted by Gasteiger charge is 2.27. The van der Waals surface area contributed by atoms with Gasteiger partial charge in [0, 0.05) is 34.8 Å². The standard InChI is InChI=1S/C26H29N7O2/c27-24-22-11-10-21(35-13-12-32-16-28-15-29-32)14-23(22)33(20-2-1-3-20)25(24)17-4-6-18(7-5-17)30-26(34)31-19-8-9-19/h4-7,10-11,14-16,19-20H,1-3,8-9,12-13,27H2,(H2,30,31,34). The van der Waals surface area contributed by atoms with Gasteiger partial charge in [0.15, 0.2) is 0 Å². The summed E-state index contributed by atoms with van der Waals surface area (Å²) in [5, 5.41) is 11.0. The maximum absolute atomic E-state index is 12.1. The number of carbonyl (C=O) groups is 1. The van der Waals surface area contributed by atoms with Gasteiger partial charge in [0.05, 0.1) is 23.4 Å². The molecule has 35 heavy (non-hydrogen) atoms. The summed E-state index contributed by atoms with van der Waals surface area (Å²) < 4.78 is 10.1. The maximum atomic E-state index is 12.1. The van der Waals surface area contributed by atoms with Gasteiger partial charge >= 0.3 is 6.03 Å². The number of carbonyl (C=O) groups excluding carboxylic acids is 1. The van der Waals surface area contributed by atoms with Gasteiger partial charge in [-0.15, -0.1) is 0 Å². The molecule has 4 aromatic rings. The number of nitrogens with zero attached hydrogens (tertiary/aromatic N) is 4. The quantitative estimate of drug-likeness (QED) is 0.349. The molecule has 0 bridgehead atoms. The lowest BCUT2D eigenvalue weighted by Crippen LogP contribution is -2.30. The molecule has 2 amide bonds. The number of nitrogens with two attached hydrogens (primary N) is 1. The third kappa shape index (κ3) is 4.41. The van der Waals surface area contributed by atoms with Crippen LogP contribution in [0.3, 0.4) is 0 Å². The van der Waals surface area contributed by atoms with Gasteiger partial charge in [0.25, 0.3) is 0 Å². The van der Waals surface area contributed by atoms with Crippen molar-refractivity contribution >= 4 is 28.3 Å². The van der Waals surface area contributed by atoms with E-state index in [-0.39, 0.29) is 6.03 Å². The molecule has 2 heterocycles. The predicted octanol–water partition coefficient (Wildman–Crippen LogP) is 4.57. The van der Waals surface area contributed by atoms with Crippen LogP contribution in [0, 0.1) is 0 Å². The molecule has 9 heteroatoms. The summed E-state index contributed by atoms with van der Waals surface area (Å²) in [6, 6.07) is 14.6. The smallest absolute Gasteiger partial charge is 0.319 e. The molecule has 9 nitrogen and oxygen atoms in total. The number of anilines is 2. The lowest BCUT2D eigenvalue weighted by Gasteiger charge is -2.30.